The van der Waals surface area contributed by atoms with Crippen LogP contribution in [-0.4, -0.2) is 23.8 Å². The van der Waals surface area contributed by atoms with E-state index in [0.29, 0.717) is 12.1 Å². The summed E-state index contributed by atoms with van der Waals surface area (Å²) in [5.74, 6) is 0.220. The van der Waals surface area contributed by atoms with Gasteiger partial charge in [-0.05, 0) is 24.5 Å². The fourth-order valence-electron chi connectivity index (χ4n) is 2.20. The molecule has 20 heavy (non-hydrogen) atoms. The van der Waals surface area contributed by atoms with Crippen molar-refractivity contribution in [1.82, 2.24) is 14.1 Å². The van der Waals surface area contributed by atoms with Gasteiger partial charge in [0.25, 0.3) is 10.0 Å². The Balaban J connectivity index is 2.49. The Kier molecular flexibility index (Phi) is 4.01. The van der Waals surface area contributed by atoms with E-state index in [0.717, 1.165) is 0 Å². The van der Waals surface area contributed by atoms with E-state index in [-0.39, 0.29) is 22.8 Å². The molecular formula is C13H20N4O2S. The molecule has 0 aliphatic heterocycles. The zero-order valence-electron chi connectivity index (χ0n) is 11.9. The van der Waals surface area contributed by atoms with Gasteiger partial charge in [-0.25, -0.2) is 18.1 Å². The van der Waals surface area contributed by atoms with Crippen molar-refractivity contribution in [3.05, 3.63) is 24.4 Å². The number of nitrogens with two attached hydrogens (primary N) is 1. The third-order valence-electron chi connectivity index (χ3n) is 3.32. The Morgan fingerprint density at radius 3 is 2.70 bits per heavy atom. The quantitative estimate of drug-likeness (QED) is 0.877. The van der Waals surface area contributed by atoms with Gasteiger partial charge in [-0.2, -0.15) is 0 Å². The normalized spacial score (nSPS) is 14.0. The first kappa shape index (κ1) is 14.8. The van der Waals surface area contributed by atoms with Gasteiger partial charge in [-0.1, -0.05) is 26.8 Å². The zero-order chi connectivity index (χ0) is 14.9. The summed E-state index contributed by atoms with van der Waals surface area (Å²) in [5.41, 5.74) is 6.30. The summed E-state index contributed by atoms with van der Waals surface area (Å²) in [6, 6.07) is 5.12. The highest BCUT2D eigenvalue weighted by Gasteiger charge is 2.27. The molecule has 1 unspecified atom stereocenters. The third kappa shape index (κ3) is 2.64. The van der Waals surface area contributed by atoms with E-state index in [1.165, 1.54) is 4.40 Å². The van der Waals surface area contributed by atoms with Crippen LogP contribution in [0.25, 0.3) is 5.65 Å². The van der Waals surface area contributed by atoms with Crippen LogP contribution in [0.1, 0.15) is 27.2 Å². The molecule has 0 aromatic carbocycles. The van der Waals surface area contributed by atoms with Crippen LogP contribution in [0.3, 0.4) is 0 Å². The molecule has 0 saturated carbocycles. The molecule has 0 spiro atoms. The van der Waals surface area contributed by atoms with Crippen molar-refractivity contribution < 1.29 is 8.42 Å². The van der Waals surface area contributed by atoms with Crippen LogP contribution in [0.5, 0.6) is 0 Å². The predicted octanol–water partition coefficient (Wildman–Crippen LogP) is 1.63. The van der Waals surface area contributed by atoms with E-state index in [1.807, 2.05) is 20.8 Å². The van der Waals surface area contributed by atoms with Crippen LogP contribution in [0.2, 0.25) is 0 Å². The summed E-state index contributed by atoms with van der Waals surface area (Å²) in [4.78, 5) is 4.08. The largest absolute Gasteiger partial charge is 0.381 e. The van der Waals surface area contributed by atoms with Gasteiger partial charge in [0.2, 0.25) is 0 Å². The number of rotatable bonds is 5. The number of anilines is 1. The number of imidazole rings is 1. The van der Waals surface area contributed by atoms with Gasteiger partial charge in [0.15, 0.2) is 10.8 Å². The molecule has 7 heteroatoms. The molecule has 2 aromatic heterocycles. The minimum atomic E-state index is -3.71. The third-order valence-corrected chi connectivity index (χ3v) is 4.84. The van der Waals surface area contributed by atoms with Crippen LogP contribution in [0.15, 0.2) is 29.4 Å². The van der Waals surface area contributed by atoms with E-state index in [9.17, 15) is 8.42 Å². The van der Waals surface area contributed by atoms with Crippen LogP contribution >= 0.6 is 0 Å². The molecule has 0 aliphatic carbocycles. The summed E-state index contributed by atoms with van der Waals surface area (Å²) < 4.78 is 29.3. The van der Waals surface area contributed by atoms with Crippen LogP contribution in [-0.2, 0) is 10.0 Å². The topological polar surface area (TPSA) is 89.5 Å². The molecule has 0 radical (unpaired) electrons. The lowest BCUT2D eigenvalue weighted by molar-refractivity contribution is 0.436. The average molecular weight is 296 g/mol. The molecule has 2 rings (SSSR count). The van der Waals surface area contributed by atoms with Crippen molar-refractivity contribution in [3.8, 4) is 0 Å². The molecule has 110 valence electrons. The van der Waals surface area contributed by atoms with Gasteiger partial charge in [0.1, 0.15) is 5.65 Å². The number of aromatic nitrogens is 2. The fraction of sp³-hybridized carbons (Fsp3) is 0.462. The van der Waals surface area contributed by atoms with Crippen LogP contribution in [0.4, 0.5) is 5.82 Å². The van der Waals surface area contributed by atoms with E-state index in [2.05, 4.69) is 9.71 Å². The molecule has 6 nitrogen and oxygen atoms in total. The second kappa shape index (κ2) is 5.41. The maximum absolute atomic E-state index is 12.5. The van der Waals surface area contributed by atoms with E-state index in [4.69, 9.17) is 5.73 Å². The molecule has 0 fully saturated rings. The Bertz CT molecular complexity index is 706. The number of hydrogen-bond acceptors (Lipinski definition) is 4. The summed E-state index contributed by atoms with van der Waals surface area (Å²) in [6.45, 7) is 5.91. The van der Waals surface area contributed by atoms with E-state index in [1.54, 1.807) is 24.4 Å². The molecular weight excluding hydrogens is 276 g/mol. The van der Waals surface area contributed by atoms with Crippen molar-refractivity contribution in [3.63, 3.8) is 0 Å². The van der Waals surface area contributed by atoms with E-state index < -0.39 is 10.0 Å². The zero-order valence-corrected chi connectivity index (χ0v) is 12.7. The SMILES string of the molecule is CCC(NS(=O)(=O)c1c(N)nc2ccccn12)C(C)C. The molecule has 2 heterocycles. The second-order valence-electron chi connectivity index (χ2n) is 5.11. The van der Waals surface area contributed by atoms with Crippen molar-refractivity contribution in [1.29, 1.82) is 0 Å². The lowest BCUT2D eigenvalue weighted by Gasteiger charge is -2.20. The standard InChI is InChI=1S/C13H20N4O2S/c1-4-10(9(2)3)16-20(18,19)13-12(14)15-11-7-5-6-8-17(11)13/h5-10,16H,4,14H2,1-3H3. The number of nitrogens with one attached hydrogen (secondary N) is 1. The highest BCUT2D eigenvalue weighted by Crippen LogP contribution is 2.21. The lowest BCUT2D eigenvalue weighted by atomic mass is 10.0. The average Bonchev–Trinajstić information content (AvgIpc) is 2.72. The molecule has 3 N–H and O–H groups in total. The number of pyridine rings is 1. The molecule has 2 aromatic rings. The number of nitrogen functional groups attached to an aromatic ring is 1. The first-order valence-corrected chi connectivity index (χ1v) is 8.10. The van der Waals surface area contributed by atoms with Crippen molar-refractivity contribution in [2.45, 2.75) is 38.3 Å². The van der Waals surface area contributed by atoms with Gasteiger partial charge in [0.05, 0.1) is 0 Å². The van der Waals surface area contributed by atoms with Crippen LogP contribution < -0.4 is 10.5 Å². The summed E-state index contributed by atoms with van der Waals surface area (Å²) >= 11 is 0. The summed E-state index contributed by atoms with van der Waals surface area (Å²) in [5, 5.41) is 0.00667. The number of nitrogens with zero attached hydrogens (tertiary/aromatic N) is 2. The Hall–Kier alpha value is -1.60. The molecule has 0 saturated heterocycles. The first-order chi connectivity index (χ1) is 9.36. The molecule has 1 atom stereocenters. The molecule has 0 amide bonds. The van der Waals surface area contributed by atoms with Crippen LogP contribution in [0, 0.1) is 5.92 Å². The van der Waals surface area contributed by atoms with Gasteiger partial charge < -0.3 is 5.73 Å². The van der Waals surface area contributed by atoms with Gasteiger partial charge in [0, 0.05) is 12.2 Å². The summed E-state index contributed by atoms with van der Waals surface area (Å²) in [6.07, 6.45) is 2.36. The molecule has 0 aliphatic rings. The number of fused-ring (bicyclic) bond motifs is 1. The highest BCUT2D eigenvalue weighted by atomic mass is 32.2. The van der Waals surface area contributed by atoms with E-state index >= 15 is 0 Å². The number of hydrogen-bond donors (Lipinski definition) is 2. The minimum absolute atomic E-state index is 0.00667. The van der Waals surface area contributed by atoms with Gasteiger partial charge in [-0.3, -0.25) is 4.40 Å². The van der Waals surface area contributed by atoms with Crippen molar-refractivity contribution >= 4 is 21.5 Å². The smallest absolute Gasteiger partial charge is 0.260 e. The lowest BCUT2D eigenvalue weighted by Crippen LogP contribution is -2.38. The Labute approximate surface area is 119 Å². The summed E-state index contributed by atoms with van der Waals surface area (Å²) in [7, 11) is -3.71. The maximum atomic E-state index is 12.5. The fourth-order valence-corrected chi connectivity index (χ4v) is 3.89. The van der Waals surface area contributed by atoms with Crippen molar-refractivity contribution in [2.24, 2.45) is 5.92 Å². The monoisotopic (exact) mass is 296 g/mol. The molecule has 0 bridgehead atoms. The second-order valence-corrected chi connectivity index (χ2v) is 6.74. The van der Waals surface area contributed by atoms with Gasteiger partial charge >= 0.3 is 0 Å². The minimum Gasteiger partial charge on any atom is -0.381 e. The predicted molar refractivity (Wildman–Crippen MR) is 78.8 cm³/mol. The first-order valence-electron chi connectivity index (χ1n) is 6.61. The maximum Gasteiger partial charge on any atom is 0.260 e. The highest BCUT2D eigenvalue weighted by molar-refractivity contribution is 7.89. The number of sulfonamides is 1. The van der Waals surface area contributed by atoms with Crippen molar-refractivity contribution in [2.75, 3.05) is 5.73 Å². The Morgan fingerprint density at radius 2 is 2.10 bits per heavy atom. The van der Waals surface area contributed by atoms with Gasteiger partial charge in [-0.15, -0.1) is 0 Å². The Morgan fingerprint density at radius 1 is 1.40 bits per heavy atom.